The number of nitrogens with one attached hydrogen (secondary N) is 2. The normalized spacial score (nSPS) is 12.0. The Bertz CT molecular complexity index is 556. The summed E-state index contributed by atoms with van der Waals surface area (Å²) in [5, 5.41) is 6.66. The summed E-state index contributed by atoms with van der Waals surface area (Å²) in [5.74, 6) is 0.628. The Labute approximate surface area is 158 Å². The SMILES string of the molecule is CCOCCCNC(=NCC(=O)N(C)C)NCC(C)(C)c1ccccc1. The number of nitrogens with zero attached hydrogens (tertiary/aromatic N) is 2. The zero-order valence-corrected chi connectivity index (χ0v) is 16.8. The number of ether oxygens (including phenoxy) is 1. The number of carbonyl (C=O) groups is 1. The summed E-state index contributed by atoms with van der Waals surface area (Å²) < 4.78 is 5.36. The van der Waals surface area contributed by atoms with Gasteiger partial charge in [0.2, 0.25) is 5.91 Å². The largest absolute Gasteiger partial charge is 0.382 e. The van der Waals surface area contributed by atoms with Crippen molar-refractivity contribution in [2.45, 2.75) is 32.6 Å². The fraction of sp³-hybridized carbons (Fsp3) is 0.600. The number of guanidine groups is 1. The highest BCUT2D eigenvalue weighted by molar-refractivity contribution is 5.84. The summed E-state index contributed by atoms with van der Waals surface area (Å²) in [4.78, 5) is 17.8. The molecule has 6 nitrogen and oxygen atoms in total. The van der Waals surface area contributed by atoms with Crippen molar-refractivity contribution in [3.63, 3.8) is 0 Å². The lowest BCUT2D eigenvalue weighted by Crippen LogP contribution is -2.44. The maximum absolute atomic E-state index is 11.8. The van der Waals surface area contributed by atoms with Crippen LogP contribution in [-0.4, -0.2) is 63.7 Å². The quantitative estimate of drug-likeness (QED) is 0.380. The lowest BCUT2D eigenvalue weighted by Gasteiger charge is -2.27. The highest BCUT2D eigenvalue weighted by atomic mass is 16.5. The van der Waals surface area contributed by atoms with Crippen LogP contribution in [0.15, 0.2) is 35.3 Å². The van der Waals surface area contributed by atoms with Crippen LogP contribution in [0, 0.1) is 0 Å². The van der Waals surface area contributed by atoms with Crippen LogP contribution in [0.4, 0.5) is 0 Å². The molecule has 0 heterocycles. The second-order valence-electron chi connectivity index (χ2n) is 7.03. The Morgan fingerprint density at radius 2 is 1.88 bits per heavy atom. The number of benzene rings is 1. The van der Waals surface area contributed by atoms with Gasteiger partial charge in [0, 0.05) is 45.8 Å². The maximum Gasteiger partial charge on any atom is 0.243 e. The molecule has 0 spiro atoms. The van der Waals surface area contributed by atoms with Crippen molar-refractivity contribution in [2.75, 3.05) is 46.9 Å². The summed E-state index contributed by atoms with van der Waals surface area (Å²) in [5.41, 5.74) is 1.20. The number of aliphatic imine (C=N–C) groups is 1. The van der Waals surface area contributed by atoms with Gasteiger partial charge in [-0.15, -0.1) is 0 Å². The molecule has 1 aromatic rings. The zero-order chi connectivity index (χ0) is 19.4. The van der Waals surface area contributed by atoms with Gasteiger partial charge in [-0.25, -0.2) is 4.99 Å². The molecule has 0 fully saturated rings. The van der Waals surface area contributed by atoms with E-state index < -0.39 is 0 Å². The second kappa shape index (κ2) is 11.5. The highest BCUT2D eigenvalue weighted by Crippen LogP contribution is 2.21. The van der Waals surface area contributed by atoms with Crippen molar-refractivity contribution in [2.24, 2.45) is 4.99 Å². The van der Waals surface area contributed by atoms with Crippen LogP contribution >= 0.6 is 0 Å². The van der Waals surface area contributed by atoms with Crippen LogP contribution in [0.3, 0.4) is 0 Å². The standard InChI is InChI=1S/C20H34N4O2/c1-6-26-14-10-13-21-19(22-15-18(25)24(4)5)23-16-20(2,3)17-11-8-7-9-12-17/h7-9,11-12H,6,10,13-16H2,1-5H3,(H2,21,22,23). The average Bonchev–Trinajstić information content (AvgIpc) is 2.63. The van der Waals surface area contributed by atoms with Gasteiger partial charge in [-0.2, -0.15) is 0 Å². The summed E-state index contributed by atoms with van der Waals surface area (Å²) in [7, 11) is 3.47. The molecular formula is C20H34N4O2. The monoisotopic (exact) mass is 362 g/mol. The summed E-state index contributed by atoms with van der Waals surface area (Å²) >= 11 is 0. The molecule has 0 atom stereocenters. The first-order chi connectivity index (χ1) is 12.4. The van der Waals surface area contributed by atoms with E-state index in [1.54, 1.807) is 19.0 Å². The highest BCUT2D eigenvalue weighted by Gasteiger charge is 2.20. The van der Waals surface area contributed by atoms with E-state index >= 15 is 0 Å². The Morgan fingerprint density at radius 3 is 2.50 bits per heavy atom. The van der Waals surface area contributed by atoms with E-state index in [4.69, 9.17) is 4.74 Å². The Hall–Kier alpha value is -2.08. The molecular weight excluding hydrogens is 328 g/mol. The summed E-state index contributed by atoms with van der Waals surface area (Å²) in [6, 6.07) is 10.4. The van der Waals surface area contributed by atoms with Crippen LogP contribution < -0.4 is 10.6 Å². The maximum atomic E-state index is 11.8. The van der Waals surface area contributed by atoms with Crippen molar-refractivity contribution in [3.05, 3.63) is 35.9 Å². The van der Waals surface area contributed by atoms with Crippen molar-refractivity contribution < 1.29 is 9.53 Å². The third-order valence-corrected chi connectivity index (χ3v) is 4.09. The molecule has 0 aliphatic rings. The van der Waals surface area contributed by atoms with E-state index in [0.717, 1.165) is 19.6 Å². The number of rotatable bonds is 10. The smallest absolute Gasteiger partial charge is 0.243 e. The van der Waals surface area contributed by atoms with Crippen molar-refractivity contribution >= 4 is 11.9 Å². The van der Waals surface area contributed by atoms with Crippen LogP contribution in [0.5, 0.6) is 0 Å². The number of carbonyl (C=O) groups excluding carboxylic acids is 1. The second-order valence-corrected chi connectivity index (χ2v) is 7.03. The first-order valence-corrected chi connectivity index (χ1v) is 9.22. The minimum Gasteiger partial charge on any atom is -0.382 e. The van der Waals surface area contributed by atoms with Crippen molar-refractivity contribution in [1.82, 2.24) is 15.5 Å². The van der Waals surface area contributed by atoms with Gasteiger partial charge in [0.05, 0.1) is 0 Å². The van der Waals surface area contributed by atoms with Crippen LogP contribution in [0.1, 0.15) is 32.8 Å². The molecule has 0 bridgehead atoms. The van der Waals surface area contributed by atoms with Crippen molar-refractivity contribution in [3.8, 4) is 0 Å². The predicted octanol–water partition coefficient (Wildman–Crippen LogP) is 2.01. The number of hydrogen-bond acceptors (Lipinski definition) is 3. The lowest BCUT2D eigenvalue weighted by atomic mass is 9.85. The molecule has 26 heavy (non-hydrogen) atoms. The van der Waals surface area contributed by atoms with E-state index in [1.165, 1.54) is 5.56 Å². The fourth-order valence-electron chi connectivity index (χ4n) is 2.28. The molecule has 6 heteroatoms. The average molecular weight is 363 g/mol. The first kappa shape index (κ1) is 22.0. The van der Waals surface area contributed by atoms with Gasteiger partial charge in [0.15, 0.2) is 5.96 Å². The molecule has 1 aromatic carbocycles. The van der Waals surface area contributed by atoms with E-state index in [-0.39, 0.29) is 17.9 Å². The molecule has 0 saturated carbocycles. The molecule has 0 unspecified atom stereocenters. The van der Waals surface area contributed by atoms with E-state index in [1.807, 2.05) is 25.1 Å². The van der Waals surface area contributed by atoms with Gasteiger partial charge in [-0.05, 0) is 18.9 Å². The third-order valence-electron chi connectivity index (χ3n) is 4.09. The predicted molar refractivity (Wildman–Crippen MR) is 108 cm³/mol. The van der Waals surface area contributed by atoms with Crippen LogP contribution in [0.25, 0.3) is 0 Å². The van der Waals surface area contributed by atoms with Gasteiger partial charge in [-0.3, -0.25) is 4.79 Å². The van der Waals surface area contributed by atoms with Crippen LogP contribution in [0.2, 0.25) is 0 Å². The van der Waals surface area contributed by atoms with Gasteiger partial charge in [0.1, 0.15) is 6.54 Å². The number of hydrogen-bond donors (Lipinski definition) is 2. The van der Waals surface area contributed by atoms with Gasteiger partial charge in [-0.1, -0.05) is 44.2 Å². The number of amides is 1. The minimum absolute atomic E-state index is 0.0252. The molecule has 0 aliphatic carbocycles. The molecule has 1 amide bonds. The van der Waals surface area contributed by atoms with Gasteiger partial charge in [0.25, 0.3) is 0 Å². The number of likely N-dealkylation sites (N-methyl/N-ethyl adjacent to an activating group) is 1. The molecule has 0 radical (unpaired) electrons. The topological polar surface area (TPSA) is 66.0 Å². The first-order valence-electron chi connectivity index (χ1n) is 9.22. The molecule has 0 aliphatic heterocycles. The Balaban J connectivity index is 2.65. The van der Waals surface area contributed by atoms with Crippen LogP contribution in [-0.2, 0) is 14.9 Å². The molecule has 0 saturated heterocycles. The molecule has 146 valence electrons. The van der Waals surface area contributed by atoms with E-state index in [2.05, 4.69) is 41.6 Å². The van der Waals surface area contributed by atoms with E-state index in [9.17, 15) is 4.79 Å². The summed E-state index contributed by atoms with van der Waals surface area (Å²) in [6.45, 7) is 9.38. The lowest BCUT2D eigenvalue weighted by molar-refractivity contribution is -0.127. The Morgan fingerprint density at radius 1 is 1.19 bits per heavy atom. The molecule has 1 rings (SSSR count). The van der Waals surface area contributed by atoms with Crippen molar-refractivity contribution in [1.29, 1.82) is 0 Å². The van der Waals surface area contributed by atoms with E-state index in [0.29, 0.717) is 19.1 Å². The van der Waals surface area contributed by atoms with Gasteiger partial charge >= 0.3 is 0 Å². The molecule has 0 aromatic heterocycles. The fourth-order valence-corrected chi connectivity index (χ4v) is 2.28. The van der Waals surface area contributed by atoms with Gasteiger partial charge < -0.3 is 20.3 Å². The summed E-state index contributed by atoms with van der Waals surface area (Å²) in [6.07, 6.45) is 0.887. The Kier molecular flexibility index (Phi) is 9.73. The molecule has 2 N–H and O–H groups in total. The zero-order valence-electron chi connectivity index (χ0n) is 16.8. The minimum atomic E-state index is -0.0550. The third kappa shape index (κ3) is 8.34.